The number of rotatable bonds is 9. The van der Waals surface area contributed by atoms with Gasteiger partial charge in [0.15, 0.2) is 0 Å². The van der Waals surface area contributed by atoms with Gasteiger partial charge in [0.1, 0.15) is 12.2 Å². The fourth-order valence-electron chi connectivity index (χ4n) is 7.93. The summed E-state index contributed by atoms with van der Waals surface area (Å²) in [5.41, 5.74) is -0.266. The molecule has 4 aliphatic carbocycles. The number of piperidine rings is 1. The van der Waals surface area contributed by atoms with Crippen molar-refractivity contribution in [1.82, 2.24) is 9.80 Å². The second-order valence-electron chi connectivity index (χ2n) is 13.1. The number of hydrogen-bond donors (Lipinski definition) is 4. The van der Waals surface area contributed by atoms with Crippen LogP contribution in [0.4, 0.5) is 0 Å². The molecule has 0 spiro atoms. The molecule has 0 unspecified atom stereocenters. The van der Waals surface area contributed by atoms with E-state index in [-0.39, 0.29) is 24.1 Å². The Bertz CT molecular complexity index is 672. The van der Waals surface area contributed by atoms with Gasteiger partial charge in [0.25, 0.3) is 0 Å². The summed E-state index contributed by atoms with van der Waals surface area (Å²) in [6.45, 7) is 7.71. The number of likely N-dealkylation sites (tertiary alicyclic amines) is 1. The van der Waals surface area contributed by atoms with Gasteiger partial charge in [-0.2, -0.15) is 0 Å². The van der Waals surface area contributed by atoms with E-state index in [1.807, 2.05) is 4.90 Å². The maximum absolute atomic E-state index is 13.6. The van der Waals surface area contributed by atoms with E-state index in [1.54, 1.807) is 0 Å². The lowest BCUT2D eigenvalue weighted by atomic mass is 9.52. The molecule has 0 aromatic heterocycles. The second-order valence-corrected chi connectivity index (χ2v) is 13.1. The van der Waals surface area contributed by atoms with Gasteiger partial charge in [0.2, 0.25) is 5.91 Å². The van der Waals surface area contributed by atoms with Crippen molar-refractivity contribution in [3.8, 4) is 0 Å². The molecule has 0 aromatic rings. The molecule has 1 aliphatic heterocycles. The summed E-state index contributed by atoms with van der Waals surface area (Å²) in [5.74, 6) is 2.76. The number of aliphatic hydroxyl groups is 4. The van der Waals surface area contributed by atoms with Gasteiger partial charge in [-0.3, -0.25) is 9.69 Å². The van der Waals surface area contributed by atoms with Crippen LogP contribution in [0.2, 0.25) is 0 Å². The van der Waals surface area contributed by atoms with Gasteiger partial charge in [0.05, 0.1) is 18.8 Å². The first kappa shape index (κ1) is 26.3. The molecule has 0 radical (unpaired) electrons. The van der Waals surface area contributed by atoms with E-state index in [1.165, 1.54) is 38.5 Å². The van der Waals surface area contributed by atoms with E-state index in [4.69, 9.17) is 0 Å². The van der Waals surface area contributed by atoms with Crippen molar-refractivity contribution in [2.45, 2.75) is 115 Å². The third kappa shape index (κ3) is 5.34. The highest BCUT2D eigenvalue weighted by atomic mass is 16.4. The van der Waals surface area contributed by atoms with Crippen LogP contribution < -0.4 is 0 Å². The zero-order chi connectivity index (χ0) is 24.7. The van der Waals surface area contributed by atoms with Crippen molar-refractivity contribution in [3.05, 3.63) is 0 Å². The molecule has 196 valence electrons. The molecule has 1 amide bonds. The Morgan fingerprint density at radius 1 is 0.912 bits per heavy atom. The first-order valence-corrected chi connectivity index (χ1v) is 13.8. The minimum atomic E-state index is -1.20. The molecule has 4 saturated carbocycles. The molecule has 1 heterocycles. The topological polar surface area (TPSA) is 104 Å². The maximum atomic E-state index is 13.6. The van der Waals surface area contributed by atoms with Crippen molar-refractivity contribution in [2.24, 2.45) is 23.2 Å². The normalized spacial score (nSPS) is 40.0. The highest BCUT2D eigenvalue weighted by Gasteiger charge is 2.55. The molecule has 1 saturated heterocycles. The van der Waals surface area contributed by atoms with Crippen LogP contribution in [0.3, 0.4) is 0 Å². The highest BCUT2D eigenvalue weighted by Crippen LogP contribution is 2.58. The summed E-state index contributed by atoms with van der Waals surface area (Å²) in [6.07, 6.45) is 8.35. The molecular weight excluding hydrogens is 432 g/mol. The van der Waals surface area contributed by atoms with Crippen LogP contribution in [0.5, 0.6) is 0 Å². The van der Waals surface area contributed by atoms with Crippen molar-refractivity contribution >= 4 is 5.91 Å². The standard InChI is InChI=1S/C27H48N2O5/c1-26(2,3)25(34)29(27-13-18-10-19(14-27)12-20(11-18)15-27)9-7-5-4-6-8-28-16-22(31)24(33)23(32)21(28)17-30/h18-24,30-33H,4-17H2,1-3H3/t18?,19?,20?,21-,22+,23-,24-,27?/m1/s1. The Hall–Kier alpha value is -0.730. The second kappa shape index (κ2) is 10.3. The van der Waals surface area contributed by atoms with Crippen LogP contribution in [0.15, 0.2) is 0 Å². The smallest absolute Gasteiger partial charge is 0.228 e. The van der Waals surface area contributed by atoms with Gasteiger partial charge < -0.3 is 25.3 Å². The Balaban J connectivity index is 1.29. The summed E-state index contributed by atoms with van der Waals surface area (Å²) in [7, 11) is 0. The van der Waals surface area contributed by atoms with Gasteiger partial charge in [-0.1, -0.05) is 33.6 Å². The van der Waals surface area contributed by atoms with Crippen LogP contribution in [0.1, 0.15) is 85.0 Å². The van der Waals surface area contributed by atoms with Crippen LogP contribution in [-0.2, 0) is 4.79 Å². The monoisotopic (exact) mass is 480 g/mol. The summed E-state index contributed by atoms with van der Waals surface area (Å²) >= 11 is 0. The van der Waals surface area contributed by atoms with Crippen LogP contribution in [0, 0.1) is 23.2 Å². The van der Waals surface area contributed by atoms with Crippen LogP contribution in [-0.4, -0.2) is 92.3 Å². The number of β-amino-alcohol motifs (C(OH)–C–C–N with tert-alkyl or cyclic N) is 1. The zero-order valence-corrected chi connectivity index (χ0v) is 21.5. The molecule has 4 atom stereocenters. The molecular formula is C27H48N2O5. The zero-order valence-electron chi connectivity index (χ0n) is 21.5. The molecule has 4 N–H and O–H groups in total. The molecule has 5 rings (SSSR count). The largest absolute Gasteiger partial charge is 0.395 e. The van der Waals surface area contributed by atoms with Gasteiger partial charge in [0, 0.05) is 24.0 Å². The van der Waals surface area contributed by atoms with E-state index in [9.17, 15) is 25.2 Å². The Morgan fingerprint density at radius 3 is 2.00 bits per heavy atom. The number of carbonyl (C=O) groups is 1. The number of nitrogens with zero attached hydrogens (tertiary/aromatic N) is 2. The van der Waals surface area contributed by atoms with E-state index in [2.05, 4.69) is 25.7 Å². The van der Waals surface area contributed by atoms with Gasteiger partial charge >= 0.3 is 0 Å². The molecule has 5 aliphatic rings. The summed E-state index contributed by atoms with van der Waals surface area (Å²) in [5, 5.41) is 39.7. The lowest BCUT2D eigenvalue weighted by Crippen LogP contribution is -2.63. The first-order chi connectivity index (χ1) is 16.0. The van der Waals surface area contributed by atoms with Crippen molar-refractivity contribution in [1.29, 1.82) is 0 Å². The van der Waals surface area contributed by atoms with Crippen molar-refractivity contribution in [3.63, 3.8) is 0 Å². The number of hydrogen-bond acceptors (Lipinski definition) is 6. The van der Waals surface area contributed by atoms with Crippen LogP contribution >= 0.6 is 0 Å². The number of amides is 1. The minimum Gasteiger partial charge on any atom is -0.395 e. The third-order valence-corrected chi connectivity index (χ3v) is 9.26. The van der Waals surface area contributed by atoms with Gasteiger partial charge in [-0.05, 0) is 75.7 Å². The quantitative estimate of drug-likeness (QED) is 0.377. The Kier molecular flexibility index (Phi) is 8.00. The average Bonchev–Trinajstić information content (AvgIpc) is 2.75. The Labute approximate surface area is 205 Å². The molecule has 34 heavy (non-hydrogen) atoms. The Morgan fingerprint density at radius 2 is 1.47 bits per heavy atom. The fraction of sp³-hybridized carbons (Fsp3) is 0.963. The summed E-state index contributed by atoms with van der Waals surface area (Å²) < 4.78 is 0. The van der Waals surface area contributed by atoms with E-state index in [0.717, 1.165) is 50.0 Å². The van der Waals surface area contributed by atoms with Crippen molar-refractivity contribution < 1.29 is 25.2 Å². The lowest BCUT2D eigenvalue weighted by Gasteiger charge is -2.61. The maximum Gasteiger partial charge on any atom is 0.228 e. The summed E-state index contributed by atoms with van der Waals surface area (Å²) in [6, 6.07) is -0.533. The van der Waals surface area contributed by atoms with E-state index < -0.39 is 24.4 Å². The minimum absolute atomic E-state index is 0.0916. The van der Waals surface area contributed by atoms with Crippen molar-refractivity contribution in [2.75, 3.05) is 26.2 Å². The van der Waals surface area contributed by atoms with Crippen LogP contribution in [0.25, 0.3) is 0 Å². The average molecular weight is 481 g/mol. The molecule has 0 aromatic carbocycles. The number of unbranched alkanes of at least 4 members (excludes halogenated alkanes) is 3. The number of carbonyl (C=O) groups excluding carboxylic acids is 1. The molecule has 5 fully saturated rings. The third-order valence-electron chi connectivity index (χ3n) is 9.26. The van der Waals surface area contributed by atoms with E-state index in [0.29, 0.717) is 12.5 Å². The predicted octanol–water partition coefficient (Wildman–Crippen LogP) is 2.15. The SMILES string of the molecule is CC(C)(C)C(=O)N(CCCCCCN1C[C@H](O)[C@@H](O)[C@H](O)[C@H]1CO)C12CC3CC(CC(C3)C1)C2. The lowest BCUT2D eigenvalue weighted by molar-refractivity contribution is -0.159. The van der Waals surface area contributed by atoms with E-state index >= 15 is 0 Å². The fourth-order valence-corrected chi connectivity index (χ4v) is 7.93. The van der Waals surface area contributed by atoms with Gasteiger partial charge in [-0.15, -0.1) is 0 Å². The number of aliphatic hydroxyl groups excluding tert-OH is 4. The predicted molar refractivity (Wildman–Crippen MR) is 131 cm³/mol. The molecule has 7 heteroatoms. The molecule has 7 nitrogen and oxygen atoms in total. The van der Waals surface area contributed by atoms with Gasteiger partial charge in [-0.25, -0.2) is 0 Å². The first-order valence-electron chi connectivity index (χ1n) is 13.8. The highest BCUT2D eigenvalue weighted by molar-refractivity contribution is 5.82. The summed E-state index contributed by atoms with van der Waals surface area (Å²) in [4.78, 5) is 17.8. The molecule has 4 bridgehead atoms.